The molecule has 0 bridgehead atoms. The van der Waals surface area contributed by atoms with Gasteiger partial charge in [-0.25, -0.2) is 4.79 Å². The highest BCUT2D eigenvalue weighted by Crippen LogP contribution is 2.33. The second-order valence-electron chi connectivity index (χ2n) is 7.67. The summed E-state index contributed by atoms with van der Waals surface area (Å²) in [5.74, 6) is 0. The van der Waals surface area contributed by atoms with Gasteiger partial charge in [-0.05, 0) is 50.4 Å². The first-order chi connectivity index (χ1) is 13.3. The first kappa shape index (κ1) is 19.0. The van der Waals surface area contributed by atoms with E-state index in [4.69, 9.17) is 9.47 Å². The molecule has 0 aromatic carbocycles. The van der Waals surface area contributed by atoms with Crippen LogP contribution in [-0.4, -0.2) is 79.8 Å². The molecule has 2 fully saturated rings. The van der Waals surface area contributed by atoms with E-state index >= 15 is 0 Å². The largest absolute Gasteiger partial charge is 0.484 e. The van der Waals surface area contributed by atoms with Crippen molar-refractivity contribution in [2.24, 2.45) is 0 Å². The summed E-state index contributed by atoms with van der Waals surface area (Å²) in [7, 11) is 0. The summed E-state index contributed by atoms with van der Waals surface area (Å²) in [5, 5.41) is 1.01. The van der Waals surface area contributed by atoms with E-state index in [9.17, 15) is 4.79 Å². The van der Waals surface area contributed by atoms with Gasteiger partial charge >= 0.3 is 6.03 Å². The maximum absolute atomic E-state index is 12.7. The number of hydrogen-bond acceptors (Lipinski definition) is 5. The van der Waals surface area contributed by atoms with Crippen LogP contribution in [0.1, 0.15) is 36.1 Å². The average Bonchev–Trinajstić information content (AvgIpc) is 3.14. The number of thiophene rings is 1. The number of fused-ring (bicyclic) bond motifs is 1. The van der Waals surface area contributed by atoms with Gasteiger partial charge in [0.15, 0.2) is 5.06 Å². The number of likely N-dealkylation sites (tertiary alicyclic amines) is 1. The van der Waals surface area contributed by atoms with E-state index in [1.165, 1.54) is 42.8 Å². The number of carbonyl (C=O) groups is 1. The second-order valence-corrected chi connectivity index (χ2v) is 8.77. The minimum atomic E-state index is 0.154. The number of piperidine rings is 1. The lowest BCUT2D eigenvalue weighted by Crippen LogP contribution is -2.49. The highest BCUT2D eigenvalue weighted by Gasteiger charge is 2.27. The van der Waals surface area contributed by atoms with Crippen molar-refractivity contribution in [1.29, 1.82) is 0 Å². The fourth-order valence-electron chi connectivity index (χ4n) is 4.13. The Hall–Kier alpha value is -1.31. The zero-order valence-electron chi connectivity index (χ0n) is 16.2. The Bertz CT molecular complexity index is 624. The van der Waals surface area contributed by atoms with Crippen molar-refractivity contribution >= 4 is 17.4 Å². The van der Waals surface area contributed by atoms with Crippen LogP contribution in [0.2, 0.25) is 0 Å². The van der Waals surface area contributed by atoms with Gasteiger partial charge in [0, 0.05) is 31.1 Å². The number of rotatable bonds is 5. The molecule has 150 valence electrons. The fraction of sp³-hybridized carbons (Fsp3) is 0.750. The zero-order chi connectivity index (χ0) is 18.5. The Kier molecular flexibility index (Phi) is 6.52. The minimum absolute atomic E-state index is 0.154. The highest BCUT2D eigenvalue weighted by atomic mass is 32.1. The van der Waals surface area contributed by atoms with Crippen LogP contribution in [0.3, 0.4) is 0 Å². The molecule has 7 heteroatoms. The first-order valence-corrected chi connectivity index (χ1v) is 11.2. The lowest BCUT2D eigenvalue weighted by molar-refractivity contribution is 0.0423. The molecule has 0 aliphatic carbocycles. The van der Waals surface area contributed by atoms with Gasteiger partial charge in [-0.2, -0.15) is 0 Å². The second kappa shape index (κ2) is 9.26. The van der Waals surface area contributed by atoms with E-state index < -0.39 is 0 Å². The predicted molar refractivity (Wildman–Crippen MR) is 107 cm³/mol. The molecule has 2 amide bonds. The molecule has 0 saturated carbocycles. The summed E-state index contributed by atoms with van der Waals surface area (Å²) in [6.07, 6.45) is 6.10. The van der Waals surface area contributed by atoms with Crippen LogP contribution in [0.15, 0.2) is 6.07 Å². The van der Waals surface area contributed by atoms with Crippen LogP contribution >= 0.6 is 11.3 Å². The van der Waals surface area contributed by atoms with Crippen molar-refractivity contribution in [3.05, 3.63) is 16.5 Å². The van der Waals surface area contributed by atoms with Crippen LogP contribution in [0, 0.1) is 0 Å². The summed E-state index contributed by atoms with van der Waals surface area (Å²) in [4.78, 5) is 20.4. The number of ether oxygens (including phenoxy) is 2. The van der Waals surface area contributed by atoms with Gasteiger partial charge in [-0.3, -0.25) is 0 Å². The number of carbonyl (C=O) groups excluding carboxylic acids is 1. The Morgan fingerprint density at radius 2 is 1.89 bits per heavy atom. The van der Waals surface area contributed by atoms with Gasteiger partial charge in [0.2, 0.25) is 0 Å². The summed E-state index contributed by atoms with van der Waals surface area (Å²) >= 11 is 1.72. The maximum Gasteiger partial charge on any atom is 0.320 e. The molecule has 4 heterocycles. The molecule has 2 saturated heterocycles. The van der Waals surface area contributed by atoms with Crippen molar-refractivity contribution in [3.63, 3.8) is 0 Å². The third kappa shape index (κ3) is 4.95. The minimum Gasteiger partial charge on any atom is -0.484 e. The smallest absolute Gasteiger partial charge is 0.320 e. The van der Waals surface area contributed by atoms with Crippen LogP contribution in [0.4, 0.5) is 4.79 Å². The number of amides is 2. The average molecular weight is 394 g/mol. The summed E-state index contributed by atoms with van der Waals surface area (Å²) in [6.45, 7) is 8.66. The topological polar surface area (TPSA) is 45.3 Å². The van der Waals surface area contributed by atoms with E-state index in [2.05, 4.69) is 11.0 Å². The van der Waals surface area contributed by atoms with E-state index in [1.54, 1.807) is 11.3 Å². The van der Waals surface area contributed by atoms with Crippen molar-refractivity contribution in [2.75, 3.05) is 59.1 Å². The van der Waals surface area contributed by atoms with Crippen LogP contribution in [0.5, 0.6) is 5.06 Å². The molecule has 3 aliphatic rings. The summed E-state index contributed by atoms with van der Waals surface area (Å²) in [5.41, 5.74) is 1.36. The Morgan fingerprint density at radius 1 is 1.07 bits per heavy atom. The molecule has 4 rings (SSSR count). The van der Waals surface area contributed by atoms with E-state index in [1.807, 2.05) is 9.80 Å². The van der Waals surface area contributed by atoms with E-state index in [-0.39, 0.29) is 6.03 Å². The van der Waals surface area contributed by atoms with Crippen LogP contribution in [0.25, 0.3) is 0 Å². The number of morpholine rings is 1. The Morgan fingerprint density at radius 3 is 2.70 bits per heavy atom. The molecule has 0 unspecified atom stereocenters. The lowest BCUT2D eigenvalue weighted by Gasteiger charge is -2.34. The van der Waals surface area contributed by atoms with Crippen molar-refractivity contribution in [3.8, 4) is 5.06 Å². The third-order valence-electron chi connectivity index (χ3n) is 5.72. The quantitative estimate of drug-likeness (QED) is 0.722. The number of urea groups is 1. The number of hydrogen-bond donors (Lipinski definition) is 0. The maximum atomic E-state index is 12.7. The molecule has 6 nitrogen and oxygen atoms in total. The normalized spacial score (nSPS) is 21.2. The molecule has 3 aliphatic heterocycles. The molecule has 0 spiro atoms. The SMILES string of the molecule is O=C(N1CCOCC1)N1CCc2cc(OCCCN3CCCCC3)sc2C1. The van der Waals surface area contributed by atoms with Crippen molar-refractivity contribution < 1.29 is 14.3 Å². The molecule has 0 N–H and O–H groups in total. The molecule has 0 radical (unpaired) electrons. The zero-order valence-corrected chi connectivity index (χ0v) is 17.0. The fourth-order valence-corrected chi connectivity index (χ4v) is 5.22. The summed E-state index contributed by atoms with van der Waals surface area (Å²) < 4.78 is 11.4. The lowest BCUT2D eigenvalue weighted by atomic mass is 10.1. The predicted octanol–water partition coefficient (Wildman–Crippen LogP) is 2.81. The monoisotopic (exact) mass is 393 g/mol. The standard InChI is InChI=1S/C20H31N3O3S/c24-20(22-10-13-25-14-11-22)23-9-5-17-15-19(27-18(17)16-23)26-12-4-8-21-6-2-1-3-7-21/h15H,1-14,16H2. The molecular formula is C20H31N3O3S. The van der Waals surface area contributed by atoms with E-state index in [0.29, 0.717) is 32.8 Å². The van der Waals surface area contributed by atoms with Gasteiger partial charge in [0.25, 0.3) is 0 Å². The third-order valence-corrected chi connectivity index (χ3v) is 6.80. The first-order valence-electron chi connectivity index (χ1n) is 10.4. The molecule has 1 aromatic heterocycles. The Labute approximate surface area is 166 Å². The van der Waals surface area contributed by atoms with Crippen molar-refractivity contribution in [1.82, 2.24) is 14.7 Å². The van der Waals surface area contributed by atoms with Crippen molar-refractivity contribution in [2.45, 2.75) is 38.6 Å². The van der Waals surface area contributed by atoms with Gasteiger partial charge in [-0.1, -0.05) is 6.42 Å². The molecule has 1 aromatic rings. The molecule has 0 atom stereocenters. The highest BCUT2D eigenvalue weighted by molar-refractivity contribution is 7.14. The Balaban J connectivity index is 1.24. The van der Waals surface area contributed by atoms with E-state index in [0.717, 1.165) is 37.6 Å². The molecule has 27 heavy (non-hydrogen) atoms. The summed E-state index contributed by atoms with van der Waals surface area (Å²) in [6, 6.07) is 2.35. The number of nitrogens with zero attached hydrogens (tertiary/aromatic N) is 3. The van der Waals surface area contributed by atoms with Crippen LogP contribution in [-0.2, 0) is 17.7 Å². The van der Waals surface area contributed by atoms with Gasteiger partial charge in [-0.15, -0.1) is 11.3 Å². The van der Waals surface area contributed by atoms with Crippen LogP contribution < -0.4 is 4.74 Å². The van der Waals surface area contributed by atoms with Gasteiger partial charge in [0.1, 0.15) is 0 Å². The van der Waals surface area contributed by atoms with Gasteiger partial charge < -0.3 is 24.2 Å². The molecular weight excluding hydrogens is 362 g/mol. The van der Waals surface area contributed by atoms with Gasteiger partial charge in [0.05, 0.1) is 26.4 Å².